The van der Waals surface area contributed by atoms with Gasteiger partial charge in [0.25, 0.3) is 5.91 Å². The first-order chi connectivity index (χ1) is 18.4. The van der Waals surface area contributed by atoms with Crippen molar-refractivity contribution in [2.45, 2.75) is 32.2 Å². The van der Waals surface area contributed by atoms with Crippen molar-refractivity contribution in [3.8, 4) is 5.75 Å². The molecule has 200 valence electrons. The molecule has 2 atom stereocenters. The second-order valence-corrected chi connectivity index (χ2v) is 12.1. The summed E-state index contributed by atoms with van der Waals surface area (Å²) in [6, 6.07) is 5.74. The van der Waals surface area contributed by atoms with Crippen LogP contribution in [0.4, 0.5) is 11.8 Å². The average molecular weight is 517 g/mol. The molecule has 2 aliphatic carbocycles. The predicted octanol–water partition coefficient (Wildman–Crippen LogP) is 2.70. The van der Waals surface area contributed by atoms with Crippen LogP contribution in [0.2, 0.25) is 0 Å². The Labute approximate surface area is 222 Å². The van der Waals surface area contributed by atoms with Gasteiger partial charge < -0.3 is 25.6 Å². The normalized spacial score (nSPS) is 24.1. The van der Waals surface area contributed by atoms with Gasteiger partial charge in [-0.05, 0) is 68.0 Å². The van der Waals surface area contributed by atoms with Gasteiger partial charge in [-0.2, -0.15) is 10.1 Å². The van der Waals surface area contributed by atoms with Crippen molar-refractivity contribution in [1.82, 2.24) is 29.5 Å². The van der Waals surface area contributed by atoms with E-state index in [2.05, 4.69) is 32.3 Å². The lowest BCUT2D eigenvalue weighted by atomic mass is 9.72. The molecule has 1 spiro atoms. The van der Waals surface area contributed by atoms with Gasteiger partial charge in [0, 0.05) is 43.9 Å². The molecule has 0 unspecified atom stereocenters. The van der Waals surface area contributed by atoms with Crippen molar-refractivity contribution in [1.29, 1.82) is 0 Å². The van der Waals surface area contributed by atoms with E-state index in [0.717, 1.165) is 49.6 Å². The maximum absolute atomic E-state index is 13.3. The Kier molecular flexibility index (Phi) is 5.51. The number of carbonyl (C=O) groups is 1. The monoisotopic (exact) mass is 516 g/mol. The van der Waals surface area contributed by atoms with Gasteiger partial charge in [0.15, 0.2) is 5.82 Å². The zero-order chi connectivity index (χ0) is 26.0. The molecule has 0 bridgehead atoms. The molecule has 4 aliphatic rings. The van der Waals surface area contributed by atoms with Crippen LogP contribution < -0.4 is 15.8 Å². The molecule has 2 aliphatic heterocycles. The molecule has 0 radical (unpaired) electrons. The number of likely N-dealkylation sites (tertiary alicyclic amines) is 2. The maximum Gasteiger partial charge on any atom is 0.254 e. The number of amides is 1. The number of nitrogens with one attached hydrogen (secondary N) is 1. The molecule has 38 heavy (non-hydrogen) atoms. The number of hydrogen-bond acceptors (Lipinski definition) is 8. The highest BCUT2D eigenvalue weighted by molar-refractivity contribution is 5.95. The molecule has 1 aromatic carbocycles. The summed E-state index contributed by atoms with van der Waals surface area (Å²) < 4.78 is 7.63. The molecule has 3 aromatic rings. The van der Waals surface area contributed by atoms with Gasteiger partial charge in [-0.3, -0.25) is 9.48 Å². The lowest BCUT2D eigenvalue weighted by Crippen LogP contribution is -2.32. The summed E-state index contributed by atoms with van der Waals surface area (Å²) in [6.07, 6.45) is 7.13. The van der Waals surface area contributed by atoms with Crippen LogP contribution in [0.5, 0.6) is 5.75 Å². The molecule has 3 N–H and O–H groups in total. The third kappa shape index (κ3) is 4.15. The Balaban J connectivity index is 1.10. The predicted molar refractivity (Wildman–Crippen MR) is 145 cm³/mol. The summed E-state index contributed by atoms with van der Waals surface area (Å²) in [7, 11) is 3.81. The van der Waals surface area contributed by atoms with E-state index in [1.165, 1.54) is 25.7 Å². The second-order valence-electron chi connectivity index (χ2n) is 12.1. The molecule has 1 amide bonds. The first-order valence-corrected chi connectivity index (χ1v) is 13.8. The van der Waals surface area contributed by atoms with Gasteiger partial charge in [-0.25, -0.2) is 4.98 Å². The van der Waals surface area contributed by atoms with E-state index in [4.69, 9.17) is 10.5 Å². The number of nitrogens with zero attached hydrogens (tertiary/aromatic N) is 6. The number of hydrogen-bond donors (Lipinski definition) is 2. The van der Waals surface area contributed by atoms with Crippen molar-refractivity contribution >= 4 is 28.7 Å². The fourth-order valence-electron chi connectivity index (χ4n) is 7.14. The van der Waals surface area contributed by atoms with E-state index in [1.807, 2.05) is 27.8 Å². The van der Waals surface area contributed by atoms with Gasteiger partial charge in [0.1, 0.15) is 16.8 Å². The van der Waals surface area contributed by atoms with E-state index in [0.29, 0.717) is 46.5 Å². The summed E-state index contributed by atoms with van der Waals surface area (Å²) in [4.78, 5) is 26.6. The highest BCUT2D eigenvalue weighted by Gasteiger charge is 2.52. The number of rotatable bonds is 7. The van der Waals surface area contributed by atoms with Crippen LogP contribution in [-0.4, -0.2) is 82.3 Å². The number of carbonyl (C=O) groups excluding carboxylic acids is 1. The Morgan fingerprint density at radius 3 is 2.63 bits per heavy atom. The minimum atomic E-state index is 0.0794. The van der Waals surface area contributed by atoms with Crippen LogP contribution in [0.15, 0.2) is 24.4 Å². The second kappa shape index (κ2) is 8.83. The third-order valence-corrected chi connectivity index (χ3v) is 9.27. The molecule has 2 saturated heterocycles. The Bertz CT molecular complexity index is 1380. The summed E-state index contributed by atoms with van der Waals surface area (Å²) in [5.41, 5.74) is 9.82. The molecule has 2 saturated carbocycles. The fourth-order valence-corrected chi connectivity index (χ4v) is 7.14. The van der Waals surface area contributed by atoms with Crippen LogP contribution in [0, 0.1) is 23.2 Å². The molecule has 4 heterocycles. The molecule has 2 aromatic heterocycles. The largest absolute Gasteiger partial charge is 0.496 e. The molecule has 10 nitrogen and oxygen atoms in total. The molecular formula is C28H36N8O2. The number of aromatic nitrogens is 4. The van der Waals surface area contributed by atoms with Crippen LogP contribution >= 0.6 is 0 Å². The minimum absolute atomic E-state index is 0.0794. The Morgan fingerprint density at radius 2 is 1.92 bits per heavy atom. The fraction of sp³-hybridized carbons (Fsp3) is 0.571. The lowest BCUT2D eigenvalue weighted by Gasteiger charge is -2.36. The maximum atomic E-state index is 13.3. The summed E-state index contributed by atoms with van der Waals surface area (Å²) in [5.74, 6) is 3.56. The van der Waals surface area contributed by atoms with Gasteiger partial charge >= 0.3 is 0 Å². The number of nitrogen functional groups attached to an aromatic ring is 1. The van der Waals surface area contributed by atoms with Crippen LogP contribution in [-0.2, 0) is 6.54 Å². The highest BCUT2D eigenvalue weighted by atomic mass is 16.5. The van der Waals surface area contributed by atoms with E-state index >= 15 is 0 Å². The first-order valence-electron chi connectivity index (χ1n) is 13.8. The van der Waals surface area contributed by atoms with Gasteiger partial charge in [0.05, 0.1) is 19.9 Å². The SMILES string of the molecule is COc1cc(C(=O)N2C[C@H]3CN(C)C[C@H]3C2)ccc1Cn1ncc2nc(N)nc(NCC3CC4(CC4)C3)c21. The zero-order valence-electron chi connectivity index (χ0n) is 22.2. The topological polar surface area (TPSA) is 114 Å². The molecule has 4 fully saturated rings. The molecular weight excluding hydrogens is 480 g/mol. The quantitative estimate of drug-likeness (QED) is 0.493. The number of benzene rings is 1. The third-order valence-electron chi connectivity index (χ3n) is 9.27. The van der Waals surface area contributed by atoms with Crippen LogP contribution in [0.25, 0.3) is 11.0 Å². The Morgan fingerprint density at radius 1 is 1.16 bits per heavy atom. The highest BCUT2D eigenvalue weighted by Crippen LogP contribution is 2.63. The molecule has 7 rings (SSSR count). The van der Waals surface area contributed by atoms with Crippen molar-refractivity contribution in [3.05, 3.63) is 35.5 Å². The smallest absolute Gasteiger partial charge is 0.254 e. The van der Waals surface area contributed by atoms with Crippen LogP contribution in [0.1, 0.15) is 41.6 Å². The number of fused-ring (bicyclic) bond motifs is 2. The van der Waals surface area contributed by atoms with E-state index in [1.54, 1.807) is 13.3 Å². The minimum Gasteiger partial charge on any atom is -0.496 e. The number of nitrogens with two attached hydrogens (primary N) is 1. The van der Waals surface area contributed by atoms with Crippen LogP contribution in [0.3, 0.4) is 0 Å². The number of anilines is 2. The van der Waals surface area contributed by atoms with E-state index < -0.39 is 0 Å². The van der Waals surface area contributed by atoms with E-state index in [-0.39, 0.29) is 11.9 Å². The summed E-state index contributed by atoms with van der Waals surface area (Å²) in [6.45, 7) is 5.16. The lowest BCUT2D eigenvalue weighted by molar-refractivity contribution is 0.0775. The first kappa shape index (κ1) is 23.7. The summed E-state index contributed by atoms with van der Waals surface area (Å²) >= 11 is 0. The number of methoxy groups -OCH3 is 1. The standard InChI is InChI=1S/C28H36N8O2/c1-34-12-20-14-35(15-21(20)13-34)26(37)18-3-4-19(23(7-18)38-2)16-36-24-22(11-31-36)32-27(29)33-25(24)30-10-17-8-28(9-17)5-6-28/h3-4,7,11,17,20-21H,5-6,8-10,12-16H2,1-2H3,(H3,29,30,32,33)/t20-,21+. The van der Waals surface area contributed by atoms with E-state index in [9.17, 15) is 4.79 Å². The average Bonchev–Trinajstić information content (AvgIpc) is 3.26. The van der Waals surface area contributed by atoms with Crippen molar-refractivity contribution in [3.63, 3.8) is 0 Å². The van der Waals surface area contributed by atoms with Gasteiger partial charge in [-0.1, -0.05) is 6.07 Å². The van der Waals surface area contributed by atoms with Crippen molar-refractivity contribution in [2.24, 2.45) is 23.2 Å². The van der Waals surface area contributed by atoms with Gasteiger partial charge in [-0.15, -0.1) is 0 Å². The molecule has 10 heteroatoms. The Hall–Kier alpha value is -3.40. The zero-order valence-corrected chi connectivity index (χ0v) is 22.2. The van der Waals surface area contributed by atoms with Gasteiger partial charge in [0.2, 0.25) is 5.95 Å². The van der Waals surface area contributed by atoms with Crippen molar-refractivity contribution < 1.29 is 9.53 Å². The van der Waals surface area contributed by atoms with Crippen molar-refractivity contribution in [2.75, 3.05) is 57.9 Å². The summed E-state index contributed by atoms with van der Waals surface area (Å²) in [5, 5.41) is 8.14. The number of ether oxygens (including phenoxy) is 1.